The van der Waals surface area contributed by atoms with Crippen molar-refractivity contribution in [3.05, 3.63) is 40.9 Å². The Hall–Kier alpha value is -2.41. The lowest BCUT2D eigenvalue weighted by atomic mass is 9.76. The number of methoxy groups -OCH3 is 2. The largest absolute Gasteiger partial charge is 0.496 e. The smallest absolute Gasteiger partial charge is 0.341 e. The Morgan fingerprint density at radius 2 is 2.15 bits per heavy atom. The molecule has 1 aliphatic heterocycles. The van der Waals surface area contributed by atoms with Gasteiger partial charge in [-0.15, -0.1) is 0 Å². The number of benzene rings is 1. The van der Waals surface area contributed by atoms with Crippen LogP contribution in [-0.2, 0) is 25.4 Å². The summed E-state index contributed by atoms with van der Waals surface area (Å²) in [6.45, 7) is 1.99. The molecule has 0 N–H and O–H groups in total. The molecule has 2 atom stereocenters. The van der Waals surface area contributed by atoms with Crippen molar-refractivity contribution < 1.29 is 32.9 Å². The van der Waals surface area contributed by atoms with Crippen LogP contribution in [-0.4, -0.2) is 38.4 Å². The van der Waals surface area contributed by atoms with E-state index in [0.29, 0.717) is 30.6 Å². The maximum atomic E-state index is 14.5. The van der Waals surface area contributed by atoms with Gasteiger partial charge in [0, 0.05) is 18.6 Å². The molecule has 140 valence electrons. The van der Waals surface area contributed by atoms with E-state index in [1.165, 1.54) is 32.4 Å². The molecule has 26 heavy (non-hydrogen) atoms. The molecule has 6 nitrogen and oxygen atoms in total. The average Bonchev–Trinajstić information content (AvgIpc) is 3.06. The van der Waals surface area contributed by atoms with E-state index in [4.69, 9.17) is 18.9 Å². The molecule has 1 saturated heterocycles. The Labute approximate surface area is 150 Å². The van der Waals surface area contributed by atoms with E-state index in [1.807, 2.05) is 6.92 Å². The molecule has 2 aliphatic rings. The second-order valence-corrected chi connectivity index (χ2v) is 6.51. The summed E-state index contributed by atoms with van der Waals surface area (Å²) in [7, 11) is 2.62. The summed E-state index contributed by atoms with van der Waals surface area (Å²) < 4.78 is 35.7. The predicted octanol–water partition coefficient (Wildman–Crippen LogP) is 2.79. The van der Waals surface area contributed by atoms with Gasteiger partial charge in [-0.1, -0.05) is 6.92 Å². The summed E-state index contributed by atoms with van der Waals surface area (Å²) in [5.41, 5.74) is -0.236. The number of carbonyl (C=O) groups excluding carboxylic acids is 2. The highest BCUT2D eigenvalue weighted by molar-refractivity contribution is 5.93. The Morgan fingerprint density at radius 1 is 1.38 bits per heavy atom. The van der Waals surface area contributed by atoms with Gasteiger partial charge >= 0.3 is 5.97 Å². The first kappa shape index (κ1) is 18.4. The SMILES string of the molecule is COC(=O)c1cc(C[C@H](C)[C@]23CCC(=O)C=C2OCO3)c(F)cc1OC. The van der Waals surface area contributed by atoms with E-state index in [1.54, 1.807) is 0 Å². The van der Waals surface area contributed by atoms with Crippen LogP contribution in [0.25, 0.3) is 0 Å². The van der Waals surface area contributed by atoms with Gasteiger partial charge in [-0.05, 0) is 30.4 Å². The van der Waals surface area contributed by atoms with E-state index in [0.717, 1.165) is 0 Å². The number of ether oxygens (including phenoxy) is 4. The van der Waals surface area contributed by atoms with Crippen molar-refractivity contribution >= 4 is 11.8 Å². The van der Waals surface area contributed by atoms with Crippen LogP contribution in [0, 0.1) is 11.7 Å². The number of allylic oxidation sites excluding steroid dienone is 1. The highest BCUT2D eigenvalue weighted by Crippen LogP contribution is 2.44. The van der Waals surface area contributed by atoms with E-state index in [2.05, 4.69) is 0 Å². The van der Waals surface area contributed by atoms with Gasteiger partial charge in [0.2, 0.25) is 0 Å². The van der Waals surface area contributed by atoms with Gasteiger partial charge < -0.3 is 18.9 Å². The first-order valence-electron chi connectivity index (χ1n) is 8.37. The summed E-state index contributed by atoms with van der Waals surface area (Å²) >= 11 is 0. The minimum atomic E-state index is -0.744. The molecule has 1 heterocycles. The molecule has 0 aromatic heterocycles. The molecule has 3 rings (SSSR count). The maximum Gasteiger partial charge on any atom is 0.341 e. The monoisotopic (exact) mass is 364 g/mol. The van der Waals surface area contributed by atoms with Crippen LogP contribution < -0.4 is 4.74 Å². The third-order valence-corrected chi connectivity index (χ3v) is 5.08. The van der Waals surface area contributed by atoms with Crippen molar-refractivity contribution in [3.63, 3.8) is 0 Å². The molecule has 1 aromatic rings. The molecule has 1 aromatic carbocycles. The van der Waals surface area contributed by atoms with Gasteiger partial charge in [0.05, 0.1) is 14.2 Å². The normalized spacial score (nSPS) is 22.9. The third-order valence-electron chi connectivity index (χ3n) is 5.08. The van der Waals surface area contributed by atoms with Crippen molar-refractivity contribution in [2.24, 2.45) is 5.92 Å². The summed E-state index contributed by atoms with van der Waals surface area (Å²) in [5, 5.41) is 0. The molecule has 0 saturated carbocycles. The zero-order valence-corrected chi connectivity index (χ0v) is 15.0. The fourth-order valence-electron chi connectivity index (χ4n) is 3.60. The molecule has 0 unspecified atom stereocenters. The van der Waals surface area contributed by atoms with Gasteiger partial charge in [0.1, 0.15) is 28.5 Å². The Kier molecular flexibility index (Phi) is 5.00. The van der Waals surface area contributed by atoms with E-state index in [-0.39, 0.29) is 29.8 Å². The van der Waals surface area contributed by atoms with Crippen LogP contribution in [0.1, 0.15) is 35.7 Å². The van der Waals surface area contributed by atoms with E-state index >= 15 is 0 Å². The molecule has 1 aliphatic carbocycles. The second-order valence-electron chi connectivity index (χ2n) is 6.51. The molecule has 0 spiro atoms. The molecule has 0 radical (unpaired) electrons. The van der Waals surface area contributed by atoms with Gasteiger partial charge in [0.25, 0.3) is 0 Å². The topological polar surface area (TPSA) is 71.1 Å². The minimum absolute atomic E-state index is 0.00284. The fourth-order valence-corrected chi connectivity index (χ4v) is 3.60. The number of hydrogen-bond acceptors (Lipinski definition) is 6. The summed E-state index contributed by atoms with van der Waals surface area (Å²) in [6, 6.07) is 2.62. The van der Waals surface area contributed by atoms with Crippen molar-refractivity contribution in [1.29, 1.82) is 0 Å². The zero-order chi connectivity index (χ0) is 18.9. The fraction of sp³-hybridized carbons (Fsp3) is 0.474. The Balaban J connectivity index is 1.92. The van der Waals surface area contributed by atoms with Gasteiger partial charge in [-0.3, -0.25) is 4.79 Å². The minimum Gasteiger partial charge on any atom is -0.496 e. The highest BCUT2D eigenvalue weighted by atomic mass is 19.1. The number of esters is 1. The standard InChI is InChI=1S/C19H21FO6/c1-11(19-5-4-13(21)8-17(19)25-10-26-19)6-12-7-14(18(22)24-3)16(23-2)9-15(12)20/h7-9,11H,4-6,10H2,1-3H3/t11-,19+/m0/s1. The third kappa shape index (κ3) is 3.07. The van der Waals surface area contributed by atoms with Crippen LogP contribution in [0.5, 0.6) is 5.75 Å². The summed E-state index contributed by atoms with van der Waals surface area (Å²) in [6.07, 6.45) is 2.61. The first-order valence-corrected chi connectivity index (χ1v) is 8.37. The number of carbonyl (C=O) groups is 2. The molecule has 0 bridgehead atoms. The second kappa shape index (κ2) is 7.07. The lowest BCUT2D eigenvalue weighted by molar-refractivity contribution is -0.117. The van der Waals surface area contributed by atoms with Gasteiger partial charge in [-0.25, -0.2) is 9.18 Å². The van der Waals surface area contributed by atoms with E-state index < -0.39 is 17.4 Å². The molecular formula is C19H21FO6. The number of halogens is 1. The first-order chi connectivity index (χ1) is 12.4. The van der Waals surface area contributed by atoms with Crippen molar-refractivity contribution in [2.45, 2.75) is 31.8 Å². The number of hydrogen-bond donors (Lipinski definition) is 0. The molecule has 0 amide bonds. The molecule has 7 heteroatoms. The molecule has 1 fully saturated rings. The van der Waals surface area contributed by atoms with Crippen LogP contribution >= 0.6 is 0 Å². The van der Waals surface area contributed by atoms with Gasteiger partial charge in [-0.2, -0.15) is 0 Å². The van der Waals surface area contributed by atoms with Crippen molar-refractivity contribution in [3.8, 4) is 5.75 Å². The van der Waals surface area contributed by atoms with Crippen molar-refractivity contribution in [2.75, 3.05) is 21.0 Å². The predicted molar refractivity (Wildman–Crippen MR) is 89.3 cm³/mol. The summed E-state index contributed by atoms with van der Waals surface area (Å²) in [4.78, 5) is 23.6. The Bertz CT molecular complexity index is 772. The maximum absolute atomic E-state index is 14.5. The van der Waals surface area contributed by atoms with Crippen LogP contribution in [0.3, 0.4) is 0 Å². The average molecular weight is 364 g/mol. The van der Waals surface area contributed by atoms with Crippen LogP contribution in [0.15, 0.2) is 24.0 Å². The molecular weight excluding hydrogens is 343 g/mol. The van der Waals surface area contributed by atoms with Gasteiger partial charge in [0.15, 0.2) is 12.6 Å². The highest BCUT2D eigenvalue weighted by Gasteiger charge is 2.49. The number of ketones is 1. The summed E-state index contributed by atoms with van der Waals surface area (Å²) in [5.74, 6) is -0.626. The Morgan fingerprint density at radius 3 is 2.85 bits per heavy atom. The number of fused-ring (bicyclic) bond motifs is 1. The zero-order valence-electron chi connectivity index (χ0n) is 15.0. The van der Waals surface area contributed by atoms with Crippen LogP contribution in [0.4, 0.5) is 4.39 Å². The van der Waals surface area contributed by atoms with E-state index in [9.17, 15) is 14.0 Å². The lowest BCUT2D eigenvalue weighted by Gasteiger charge is -2.35. The quantitative estimate of drug-likeness (QED) is 0.748. The van der Waals surface area contributed by atoms with Crippen molar-refractivity contribution in [1.82, 2.24) is 0 Å². The lowest BCUT2D eigenvalue weighted by Crippen LogP contribution is -2.41. The van der Waals surface area contributed by atoms with Crippen LogP contribution in [0.2, 0.25) is 0 Å². The number of rotatable bonds is 5.